The number of nitrogens with zero attached hydrogens (tertiary/aromatic N) is 1. The second kappa shape index (κ2) is 9.43. The lowest BCUT2D eigenvalue weighted by molar-refractivity contribution is -0.137. The number of rotatable bonds is 9. The van der Waals surface area contributed by atoms with E-state index in [4.69, 9.17) is 21.4 Å². The summed E-state index contributed by atoms with van der Waals surface area (Å²) in [5.74, 6) is -1.02. The number of carbonyl (C=O) groups excluding carboxylic acids is 2. The number of benzene rings is 1. The number of methoxy groups -OCH3 is 1. The van der Waals surface area contributed by atoms with Crippen LogP contribution >= 0.6 is 11.6 Å². The van der Waals surface area contributed by atoms with Gasteiger partial charge < -0.3 is 20.1 Å². The summed E-state index contributed by atoms with van der Waals surface area (Å²) in [7, 11) is 1.52. The van der Waals surface area contributed by atoms with Gasteiger partial charge in [0.25, 0.3) is 0 Å². The average Bonchev–Trinajstić information content (AvgIpc) is 2.99. The van der Waals surface area contributed by atoms with E-state index in [9.17, 15) is 14.4 Å². The number of carboxylic acid groups (broad SMARTS) is 1. The third-order valence-corrected chi connectivity index (χ3v) is 4.53. The Kier molecular flexibility index (Phi) is 7.26. The standard InChI is InChI=1S/C18H23ClN2O5/c1-26-15-7-6-13(19)10-14(15)21-11-12(9-16(21)22)18(25)20-8-4-2-3-5-17(23)24/h6-7,10,12H,2-5,8-9,11H2,1H3,(H,20,25)(H,23,24). The molecule has 0 aliphatic carbocycles. The molecule has 1 unspecified atom stereocenters. The molecular formula is C18H23ClN2O5. The van der Waals surface area contributed by atoms with Gasteiger partial charge in [-0.3, -0.25) is 14.4 Å². The summed E-state index contributed by atoms with van der Waals surface area (Å²) in [6.07, 6.45) is 2.32. The molecule has 2 rings (SSSR count). The minimum absolute atomic E-state index is 0.139. The SMILES string of the molecule is COc1ccc(Cl)cc1N1CC(C(=O)NCCCCCC(=O)O)CC1=O. The second-order valence-electron chi connectivity index (χ2n) is 6.22. The molecule has 0 spiro atoms. The van der Waals surface area contributed by atoms with Crippen molar-refractivity contribution in [1.29, 1.82) is 0 Å². The Labute approximate surface area is 157 Å². The lowest BCUT2D eigenvalue weighted by atomic mass is 10.1. The van der Waals surface area contributed by atoms with Crippen molar-refractivity contribution in [2.45, 2.75) is 32.1 Å². The molecule has 2 N–H and O–H groups in total. The fraction of sp³-hybridized carbons (Fsp3) is 0.500. The Balaban J connectivity index is 1.86. The van der Waals surface area contributed by atoms with Gasteiger partial charge in [0.2, 0.25) is 11.8 Å². The number of hydrogen-bond acceptors (Lipinski definition) is 4. The van der Waals surface area contributed by atoms with E-state index < -0.39 is 11.9 Å². The number of hydrogen-bond donors (Lipinski definition) is 2. The van der Waals surface area contributed by atoms with Crippen LogP contribution in [-0.2, 0) is 14.4 Å². The largest absolute Gasteiger partial charge is 0.495 e. The Hall–Kier alpha value is -2.28. The Bertz CT molecular complexity index is 680. The van der Waals surface area contributed by atoms with Gasteiger partial charge >= 0.3 is 5.97 Å². The van der Waals surface area contributed by atoms with Gasteiger partial charge in [-0.25, -0.2) is 0 Å². The molecule has 1 aromatic carbocycles. The first kappa shape index (κ1) is 20.0. The van der Waals surface area contributed by atoms with Crippen LogP contribution < -0.4 is 15.0 Å². The highest BCUT2D eigenvalue weighted by atomic mass is 35.5. The molecular weight excluding hydrogens is 360 g/mol. The molecule has 1 atom stereocenters. The van der Waals surface area contributed by atoms with E-state index in [0.29, 0.717) is 35.8 Å². The number of anilines is 1. The molecule has 142 valence electrons. The molecule has 1 heterocycles. The highest BCUT2D eigenvalue weighted by Crippen LogP contribution is 2.35. The maximum Gasteiger partial charge on any atom is 0.303 e. The predicted octanol–water partition coefficient (Wildman–Crippen LogP) is 2.46. The summed E-state index contributed by atoms with van der Waals surface area (Å²) in [5, 5.41) is 11.9. The van der Waals surface area contributed by atoms with Gasteiger partial charge in [-0.05, 0) is 31.0 Å². The third kappa shape index (κ3) is 5.36. The second-order valence-corrected chi connectivity index (χ2v) is 6.65. The molecule has 0 aromatic heterocycles. The summed E-state index contributed by atoms with van der Waals surface area (Å²) in [4.78, 5) is 36.6. The van der Waals surface area contributed by atoms with Crippen molar-refractivity contribution in [3.63, 3.8) is 0 Å². The van der Waals surface area contributed by atoms with Crippen molar-refractivity contribution in [2.24, 2.45) is 5.92 Å². The quantitative estimate of drug-likeness (QED) is 0.639. The molecule has 26 heavy (non-hydrogen) atoms. The molecule has 1 aliphatic rings. The monoisotopic (exact) mass is 382 g/mol. The zero-order valence-corrected chi connectivity index (χ0v) is 15.4. The molecule has 0 saturated carbocycles. The smallest absolute Gasteiger partial charge is 0.303 e. The van der Waals surface area contributed by atoms with Gasteiger partial charge in [-0.1, -0.05) is 18.0 Å². The highest BCUT2D eigenvalue weighted by molar-refractivity contribution is 6.31. The van der Waals surface area contributed by atoms with Crippen molar-refractivity contribution in [3.8, 4) is 5.75 Å². The van der Waals surface area contributed by atoms with E-state index in [1.165, 1.54) is 12.0 Å². The van der Waals surface area contributed by atoms with Gasteiger partial charge in [0.05, 0.1) is 18.7 Å². The van der Waals surface area contributed by atoms with E-state index in [1.54, 1.807) is 18.2 Å². The molecule has 2 amide bonds. The van der Waals surface area contributed by atoms with Gasteiger partial charge in [0, 0.05) is 31.0 Å². The van der Waals surface area contributed by atoms with Crippen molar-refractivity contribution in [2.75, 3.05) is 25.1 Å². The van der Waals surface area contributed by atoms with Crippen LogP contribution in [0.1, 0.15) is 32.1 Å². The van der Waals surface area contributed by atoms with Crippen LogP contribution in [0.2, 0.25) is 5.02 Å². The van der Waals surface area contributed by atoms with E-state index in [1.807, 2.05) is 0 Å². The predicted molar refractivity (Wildman–Crippen MR) is 97.6 cm³/mol. The number of carboxylic acids is 1. The molecule has 7 nitrogen and oxygen atoms in total. The van der Waals surface area contributed by atoms with Crippen LogP contribution in [0.4, 0.5) is 5.69 Å². The Morgan fingerprint density at radius 2 is 2.12 bits per heavy atom. The number of amides is 2. The molecule has 1 fully saturated rings. The van der Waals surface area contributed by atoms with Gasteiger partial charge in [-0.2, -0.15) is 0 Å². The van der Waals surface area contributed by atoms with Crippen molar-refractivity contribution in [1.82, 2.24) is 5.32 Å². The third-order valence-electron chi connectivity index (χ3n) is 4.29. The van der Waals surface area contributed by atoms with Crippen LogP contribution in [0, 0.1) is 5.92 Å². The normalized spacial score (nSPS) is 16.6. The first-order chi connectivity index (χ1) is 12.4. The summed E-state index contributed by atoms with van der Waals surface area (Å²) in [5.41, 5.74) is 0.564. The first-order valence-electron chi connectivity index (χ1n) is 8.55. The Morgan fingerprint density at radius 3 is 2.81 bits per heavy atom. The van der Waals surface area contributed by atoms with Crippen LogP contribution in [0.15, 0.2) is 18.2 Å². The van der Waals surface area contributed by atoms with Crippen molar-refractivity contribution >= 4 is 35.1 Å². The molecule has 8 heteroatoms. The van der Waals surface area contributed by atoms with Crippen LogP contribution in [-0.4, -0.2) is 43.1 Å². The molecule has 1 aliphatic heterocycles. The highest BCUT2D eigenvalue weighted by Gasteiger charge is 2.36. The maximum absolute atomic E-state index is 12.3. The van der Waals surface area contributed by atoms with Gasteiger partial charge in [0.1, 0.15) is 5.75 Å². The molecule has 0 radical (unpaired) electrons. The van der Waals surface area contributed by atoms with E-state index in [2.05, 4.69) is 5.32 Å². The minimum Gasteiger partial charge on any atom is -0.495 e. The van der Waals surface area contributed by atoms with E-state index in [-0.39, 0.29) is 31.2 Å². The fourth-order valence-electron chi connectivity index (χ4n) is 2.92. The number of carbonyl (C=O) groups is 3. The molecule has 1 aromatic rings. The van der Waals surface area contributed by atoms with Gasteiger partial charge in [-0.15, -0.1) is 0 Å². The molecule has 0 bridgehead atoms. The van der Waals surface area contributed by atoms with Crippen molar-refractivity contribution in [3.05, 3.63) is 23.2 Å². The number of ether oxygens (including phenoxy) is 1. The number of unbranched alkanes of at least 4 members (excludes halogenated alkanes) is 2. The average molecular weight is 383 g/mol. The summed E-state index contributed by atoms with van der Waals surface area (Å²) in [6, 6.07) is 5.02. The zero-order chi connectivity index (χ0) is 19.1. The first-order valence-corrected chi connectivity index (χ1v) is 8.93. The van der Waals surface area contributed by atoms with Crippen LogP contribution in [0.25, 0.3) is 0 Å². The number of nitrogens with one attached hydrogen (secondary N) is 1. The van der Waals surface area contributed by atoms with Gasteiger partial charge in [0.15, 0.2) is 0 Å². The number of aliphatic carboxylic acids is 1. The lowest BCUT2D eigenvalue weighted by Gasteiger charge is -2.19. The van der Waals surface area contributed by atoms with E-state index in [0.717, 1.165) is 6.42 Å². The number of halogens is 1. The maximum atomic E-state index is 12.3. The topological polar surface area (TPSA) is 95.9 Å². The summed E-state index contributed by atoms with van der Waals surface area (Å²) >= 11 is 6.02. The van der Waals surface area contributed by atoms with Crippen molar-refractivity contribution < 1.29 is 24.2 Å². The van der Waals surface area contributed by atoms with E-state index >= 15 is 0 Å². The molecule has 1 saturated heterocycles. The van der Waals surface area contributed by atoms with Crippen LogP contribution in [0.5, 0.6) is 5.75 Å². The van der Waals surface area contributed by atoms with Crippen LogP contribution in [0.3, 0.4) is 0 Å². The zero-order valence-electron chi connectivity index (χ0n) is 14.7. The summed E-state index contributed by atoms with van der Waals surface area (Å²) < 4.78 is 5.28. The Morgan fingerprint density at radius 1 is 1.35 bits per heavy atom. The lowest BCUT2D eigenvalue weighted by Crippen LogP contribution is -2.33. The minimum atomic E-state index is -0.810. The fourth-order valence-corrected chi connectivity index (χ4v) is 3.09. The summed E-state index contributed by atoms with van der Waals surface area (Å²) in [6.45, 7) is 0.754.